The van der Waals surface area contributed by atoms with Gasteiger partial charge < -0.3 is 20.1 Å². The van der Waals surface area contributed by atoms with Gasteiger partial charge in [0.2, 0.25) is 0 Å². The van der Waals surface area contributed by atoms with Crippen LogP contribution in [0.25, 0.3) is 6.08 Å². The third kappa shape index (κ3) is 8.33. The molecule has 0 aliphatic heterocycles. The number of nitrogens with one attached hydrogen (secondary N) is 2. The lowest BCUT2D eigenvalue weighted by Gasteiger charge is -2.12. The molecule has 0 aliphatic carbocycles. The highest BCUT2D eigenvalue weighted by atomic mass is 32.2. The summed E-state index contributed by atoms with van der Waals surface area (Å²) in [6.45, 7) is 2.45. The Kier molecular flexibility index (Phi) is 10.3. The van der Waals surface area contributed by atoms with Gasteiger partial charge in [-0.3, -0.25) is 14.4 Å². The van der Waals surface area contributed by atoms with Crippen LogP contribution in [0.3, 0.4) is 0 Å². The zero-order valence-electron chi connectivity index (χ0n) is 22.8. The van der Waals surface area contributed by atoms with E-state index in [4.69, 9.17) is 9.47 Å². The van der Waals surface area contributed by atoms with E-state index in [1.807, 2.05) is 37.3 Å². The van der Waals surface area contributed by atoms with Gasteiger partial charge in [0.15, 0.2) is 5.78 Å². The van der Waals surface area contributed by atoms with E-state index in [2.05, 4.69) is 10.6 Å². The number of benzene rings is 4. The highest BCUT2D eigenvalue weighted by Gasteiger charge is 2.16. The predicted octanol–water partition coefficient (Wildman–Crippen LogP) is 6.48. The Hall–Kier alpha value is -4.82. The van der Waals surface area contributed by atoms with E-state index in [1.165, 1.54) is 18.9 Å². The van der Waals surface area contributed by atoms with Crippen LogP contribution in [0.1, 0.15) is 33.2 Å². The number of anilines is 1. The second kappa shape index (κ2) is 14.5. The highest BCUT2D eigenvalue weighted by molar-refractivity contribution is 8.00. The Bertz CT molecular complexity index is 1540. The van der Waals surface area contributed by atoms with Gasteiger partial charge in [-0.05, 0) is 73.2 Å². The van der Waals surface area contributed by atoms with Crippen molar-refractivity contribution >= 4 is 41.1 Å². The van der Waals surface area contributed by atoms with Crippen molar-refractivity contribution in [1.82, 2.24) is 5.32 Å². The van der Waals surface area contributed by atoms with Gasteiger partial charge >= 0.3 is 0 Å². The number of amides is 2. The molecule has 0 heterocycles. The fraction of sp³-hybridized carbons (Fsp3) is 0.121. The summed E-state index contributed by atoms with van der Waals surface area (Å²) in [5.74, 6) is 0.484. The van der Waals surface area contributed by atoms with E-state index in [1.54, 1.807) is 78.9 Å². The molecular formula is C33H30N2O5S. The number of hydrogen-bond donors (Lipinski definition) is 2. The van der Waals surface area contributed by atoms with Crippen molar-refractivity contribution in [3.8, 4) is 11.5 Å². The van der Waals surface area contributed by atoms with Crippen LogP contribution in [0, 0.1) is 0 Å². The van der Waals surface area contributed by atoms with Crippen molar-refractivity contribution in [1.29, 1.82) is 0 Å². The standard InChI is InChI=1S/C33H30N2O5S/c1-3-40-26-18-16-23(17-19-26)20-29(35-32(37)24-10-5-4-6-11-24)33(38)34-25-12-9-13-27(21-25)41-22-30(36)28-14-7-8-15-31(28)39-2/h4-21H,3,22H2,1-2H3,(H,34,38)(H,35,37)/b29-20-. The maximum atomic E-state index is 13.4. The number of ether oxygens (including phenoxy) is 2. The molecule has 0 fully saturated rings. The number of ketones is 1. The molecule has 0 radical (unpaired) electrons. The third-order valence-electron chi connectivity index (χ3n) is 5.90. The average molecular weight is 567 g/mol. The van der Waals surface area contributed by atoms with Crippen molar-refractivity contribution < 1.29 is 23.9 Å². The largest absolute Gasteiger partial charge is 0.496 e. The molecule has 4 aromatic rings. The third-order valence-corrected chi connectivity index (χ3v) is 6.89. The zero-order valence-corrected chi connectivity index (χ0v) is 23.6. The molecule has 0 saturated heterocycles. The maximum Gasteiger partial charge on any atom is 0.272 e. The van der Waals surface area contributed by atoms with Crippen LogP contribution in [0.5, 0.6) is 11.5 Å². The molecule has 2 amide bonds. The first-order chi connectivity index (χ1) is 20.0. The van der Waals surface area contributed by atoms with E-state index >= 15 is 0 Å². The Labute approximate surface area is 243 Å². The molecular weight excluding hydrogens is 536 g/mol. The number of carbonyl (C=O) groups is 3. The van der Waals surface area contributed by atoms with Crippen molar-refractivity contribution in [2.75, 3.05) is 24.8 Å². The molecule has 0 spiro atoms. The fourth-order valence-electron chi connectivity index (χ4n) is 3.90. The fourth-order valence-corrected chi connectivity index (χ4v) is 4.74. The number of methoxy groups -OCH3 is 1. The van der Waals surface area contributed by atoms with Crippen molar-refractivity contribution in [2.45, 2.75) is 11.8 Å². The van der Waals surface area contributed by atoms with Gasteiger partial charge in [0.1, 0.15) is 17.2 Å². The van der Waals surface area contributed by atoms with Crippen molar-refractivity contribution in [3.63, 3.8) is 0 Å². The van der Waals surface area contributed by atoms with E-state index in [0.717, 1.165) is 4.90 Å². The Balaban J connectivity index is 1.50. The van der Waals surface area contributed by atoms with Crippen LogP contribution < -0.4 is 20.1 Å². The van der Waals surface area contributed by atoms with E-state index < -0.39 is 11.8 Å². The number of Topliss-reactive ketones (excluding diaryl/α,β-unsaturated/α-hetero) is 1. The number of para-hydroxylation sites is 1. The number of thioether (sulfide) groups is 1. The lowest BCUT2D eigenvalue weighted by molar-refractivity contribution is -0.113. The summed E-state index contributed by atoms with van der Waals surface area (Å²) in [6, 6.07) is 30.2. The molecule has 0 aliphatic rings. The summed E-state index contributed by atoms with van der Waals surface area (Å²) >= 11 is 1.36. The van der Waals surface area contributed by atoms with Crippen molar-refractivity contribution in [3.05, 3.63) is 126 Å². The van der Waals surface area contributed by atoms with Gasteiger partial charge in [-0.25, -0.2) is 0 Å². The van der Waals surface area contributed by atoms with Crippen LogP contribution >= 0.6 is 11.8 Å². The normalized spacial score (nSPS) is 10.9. The van der Waals surface area contributed by atoms with Gasteiger partial charge in [0.05, 0.1) is 25.0 Å². The summed E-state index contributed by atoms with van der Waals surface area (Å²) in [5.41, 5.74) is 2.26. The number of hydrogen-bond acceptors (Lipinski definition) is 6. The van der Waals surface area contributed by atoms with E-state index in [9.17, 15) is 14.4 Å². The molecule has 7 nitrogen and oxygen atoms in total. The smallest absolute Gasteiger partial charge is 0.272 e. The highest BCUT2D eigenvalue weighted by Crippen LogP contribution is 2.25. The minimum absolute atomic E-state index is 0.0638. The first-order valence-electron chi connectivity index (χ1n) is 13.0. The van der Waals surface area contributed by atoms with Gasteiger partial charge in [0, 0.05) is 16.1 Å². The lowest BCUT2D eigenvalue weighted by Crippen LogP contribution is -2.30. The molecule has 2 N–H and O–H groups in total. The zero-order chi connectivity index (χ0) is 29.0. The summed E-state index contributed by atoms with van der Waals surface area (Å²) in [4.78, 5) is 39.9. The molecule has 41 heavy (non-hydrogen) atoms. The molecule has 4 rings (SSSR count). The molecule has 4 aromatic carbocycles. The van der Waals surface area contributed by atoms with Crippen LogP contribution in [0.15, 0.2) is 114 Å². The maximum absolute atomic E-state index is 13.4. The van der Waals surface area contributed by atoms with Gasteiger partial charge in [-0.15, -0.1) is 11.8 Å². The van der Waals surface area contributed by atoms with Crippen molar-refractivity contribution in [2.24, 2.45) is 0 Å². The molecule has 0 aromatic heterocycles. The minimum atomic E-state index is -0.490. The molecule has 208 valence electrons. The second-order valence-corrected chi connectivity index (χ2v) is 9.82. The van der Waals surface area contributed by atoms with E-state index in [0.29, 0.717) is 40.5 Å². The Morgan fingerprint density at radius 1 is 0.854 bits per heavy atom. The quantitative estimate of drug-likeness (QED) is 0.116. The van der Waals surface area contributed by atoms with E-state index in [-0.39, 0.29) is 17.2 Å². The Morgan fingerprint density at radius 2 is 1.59 bits per heavy atom. The molecule has 0 unspecified atom stereocenters. The van der Waals surface area contributed by atoms with Gasteiger partial charge in [-0.1, -0.05) is 48.5 Å². The lowest BCUT2D eigenvalue weighted by atomic mass is 10.1. The SMILES string of the molecule is CCOc1ccc(/C=C(\NC(=O)c2ccccc2)C(=O)Nc2cccc(SCC(=O)c3ccccc3OC)c2)cc1. The molecule has 0 bridgehead atoms. The molecule has 0 saturated carbocycles. The summed E-state index contributed by atoms with van der Waals surface area (Å²) in [7, 11) is 1.53. The van der Waals surface area contributed by atoms with Crippen LogP contribution in [-0.2, 0) is 4.79 Å². The Morgan fingerprint density at radius 3 is 2.32 bits per heavy atom. The molecule has 8 heteroatoms. The predicted molar refractivity (Wildman–Crippen MR) is 163 cm³/mol. The van der Waals surface area contributed by atoms with Crippen LogP contribution in [0.4, 0.5) is 5.69 Å². The summed E-state index contributed by atoms with van der Waals surface area (Å²) in [5, 5.41) is 5.61. The first-order valence-corrected chi connectivity index (χ1v) is 14.0. The minimum Gasteiger partial charge on any atom is -0.496 e. The second-order valence-electron chi connectivity index (χ2n) is 8.77. The first kappa shape index (κ1) is 29.2. The summed E-state index contributed by atoms with van der Waals surface area (Å²) in [6.07, 6.45) is 1.61. The average Bonchev–Trinajstić information content (AvgIpc) is 3.01. The topological polar surface area (TPSA) is 93.7 Å². The monoisotopic (exact) mass is 566 g/mol. The number of carbonyl (C=O) groups excluding carboxylic acids is 3. The van der Waals surface area contributed by atoms with Gasteiger partial charge in [0.25, 0.3) is 11.8 Å². The summed E-state index contributed by atoms with van der Waals surface area (Å²) < 4.78 is 10.8. The van der Waals surface area contributed by atoms with Crippen LogP contribution in [0.2, 0.25) is 0 Å². The number of rotatable bonds is 12. The molecule has 0 atom stereocenters. The van der Waals surface area contributed by atoms with Crippen LogP contribution in [-0.4, -0.2) is 37.1 Å². The van der Waals surface area contributed by atoms with Gasteiger partial charge in [-0.2, -0.15) is 0 Å².